The van der Waals surface area contributed by atoms with E-state index in [2.05, 4.69) is 4.98 Å². The zero-order chi connectivity index (χ0) is 14.7. The first-order valence-electron chi connectivity index (χ1n) is 6.34. The van der Waals surface area contributed by atoms with E-state index >= 15 is 0 Å². The van der Waals surface area contributed by atoms with Crippen molar-refractivity contribution in [1.82, 2.24) is 4.98 Å². The Morgan fingerprint density at radius 3 is 2.65 bits per heavy atom. The predicted molar refractivity (Wildman–Crippen MR) is 72.5 cm³/mol. The molecule has 2 nitrogen and oxygen atoms in total. The molecule has 0 aliphatic carbocycles. The molecule has 0 radical (unpaired) electrons. The smallest absolute Gasteiger partial charge is 0.160 e. The lowest BCUT2D eigenvalue weighted by atomic mass is 10.00. The highest BCUT2D eigenvalue weighted by atomic mass is 19.2. The Bertz CT molecular complexity index is 603. The van der Waals surface area contributed by atoms with Crippen LogP contribution < -0.4 is 4.74 Å². The van der Waals surface area contributed by atoms with Crippen molar-refractivity contribution in [3.8, 4) is 5.75 Å². The molecule has 108 valence electrons. The van der Waals surface area contributed by atoms with E-state index in [1.54, 1.807) is 31.2 Å². The minimum atomic E-state index is -2.10. The predicted octanol–water partition coefficient (Wildman–Crippen LogP) is 3.74. The maximum absolute atomic E-state index is 13.7. The number of rotatable bonds is 5. The number of benzene rings is 1. The number of aromatic nitrogens is 1. The van der Waals surface area contributed by atoms with Crippen LogP contribution in [-0.4, -0.2) is 31.1 Å². The first-order valence-corrected chi connectivity index (χ1v) is 6.34. The van der Waals surface area contributed by atoms with Crippen LogP contribution in [0.15, 0.2) is 24.3 Å². The lowest BCUT2D eigenvalue weighted by Gasteiger charge is -2.15. The van der Waals surface area contributed by atoms with Gasteiger partial charge in [0.2, 0.25) is 0 Å². The highest BCUT2D eigenvalue weighted by Gasteiger charge is 2.22. The van der Waals surface area contributed by atoms with Crippen molar-refractivity contribution in [3.63, 3.8) is 0 Å². The number of alkyl halides is 3. The molecule has 0 aliphatic heterocycles. The standard InChI is InChI=1S/C15H16F3NO/c1-9-6-10(7-11(17)12(18)8-16)15-13(19-9)4-3-5-14(15)20-2/h3-6,11-12H,7-8H2,1-2H3. The van der Waals surface area contributed by atoms with Crippen LogP contribution >= 0.6 is 0 Å². The second-order valence-electron chi connectivity index (χ2n) is 4.67. The number of nitrogens with zero attached hydrogens (tertiary/aromatic N) is 1. The molecule has 5 heteroatoms. The fourth-order valence-corrected chi connectivity index (χ4v) is 2.25. The van der Waals surface area contributed by atoms with E-state index in [1.807, 2.05) is 0 Å². The second kappa shape index (κ2) is 6.11. The molecular weight excluding hydrogens is 267 g/mol. The summed E-state index contributed by atoms with van der Waals surface area (Å²) in [5, 5.41) is 0.648. The van der Waals surface area contributed by atoms with Crippen LogP contribution in [0.25, 0.3) is 10.9 Å². The molecular formula is C15H16F3NO. The second-order valence-corrected chi connectivity index (χ2v) is 4.67. The van der Waals surface area contributed by atoms with Gasteiger partial charge in [-0.25, -0.2) is 13.2 Å². The van der Waals surface area contributed by atoms with E-state index in [0.29, 0.717) is 27.9 Å². The van der Waals surface area contributed by atoms with Crippen LogP contribution in [0.2, 0.25) is 0 Å². The van der Waals surface area contributed by atoms with E-state index < -0.39 is 19.0 Å². The zero-order valence-electron chi connectivity index (χ0n) is 11.4. The molecule has 0 spiro atoms. The van der Waals surface area contributed by atoms with Crippen LogP contribution in [0.3, 0.4) is 0 Å². The fourth-order valence-electron chi connectivity index (χ4n) is 2.25. The van der Waals surface area contributed by atoms with Crippen LogP contribution in [0, 0.1) is 6.92 Å². The molecule has 0 amide bonds. The Labute approximate surface area is 115 Å². The van der Waals surface area contributed by atoms with Gasteiger partial charge >= 0.3 is 0 Å². The Kier molecular flexibility index (Phi) is 4.47. The van der Waals surface area contributed by atoms with Crippen molar-refractivity contribution >= 4 is 10.9 Å². The van der Waals surface area contributed by atoms with Crippen LogP contribution in [0.5, 0.6) is 5.75 Å². The van der Waals surface area contributed by atoms with Crippen molar-refractivity contribution in [2.45, 2.75) is 25.7 Å². The first-order chi connectivity index (χ1) is 9.56. The quantitative estimate of drug-likeness (QED) is 0.834. The monoisotopic (exact) mass is 283 g/mol. The van der Waals surface area contributed by atoms with E-state index in [-0.39, 0.29) is 6.42 Å². The molecule has 1 aromatic heterocycles. The van der Waals surface area contributed by atoms with Crippen molar-refractivity contribution in [1.29, 1.82) is 0 Å². The van der Waals surface area contributed by atoms with Gasteiger partial charge in [0.1, 0.15) is 18.6 Å². The topological polar surface area (TPSA) is 22.1 Å². The third-order valence-electron chi connectivity index (χ3n) is 3.18. The molecule has 0 saturated carbocycles. The Morgan fingerprint density at radius 2 is 2.00 bits per heavy atom. The maximum atomic E-state index is 13.7. The van der Waals surface area contributed by atoms with Gasteiger partial charge in [0.15, 0.2) is 6.17 Å². The molecule has 20 heavy (non-hydrogen) atoms. The molecule has 1 aromatic carbocycles. The summed E-state index contributed by atoms with van der Waals surface area (Å²) < 4.78 is 44.3. The number of fused-ring (bicyclic) bond motifs is 1. The van der Waals surface area contributed by atoms with Crippen LogP contribution in [0.1, 0.15) is 11.3 Å². The van der Waals surface area contributed by atoms with Crippen molar-refractivity contribution in [2.75, 3.05) is 13.8 Å². The van der Waals surface area contributed by atoms with E-state index in [9.17, 15) is 13.2 Å². The summed E-state index contributed by atoms with van der Waals surface area (Å²) in [5.74, 6) is 0.549. The lowest BCUT2D eigenvalue weighted by Crippen LogP contribution is -2.22. The number of pyridine rings is 1. The Hall–Kier alpha value is -1.78. The van der Waals surface area contributed by atoms with Gasteiger partial charge in [-0.05, 0) is 30.7 Å². The summed E-state index contributed by atoms with van der Waals surface area (Å²) in [5.41, 5.74) is 1.93. The molecule has 0 N–H and O–H groups in total. The summed E-state index contributed by atoms with van der Waals surface area (Å²) in [6, 6.07) is 6.98. The Balaban J connectivity index is 2.51. The number of methoxy groups -OCH3 is 1. The summed E-state index contributed by atoms with van der Waals surface area (Å²) in [7, 11) is 1.50. The van der Waals surface area contributed by atoms with Gasteiger partial charge in [-0.2, -0.15) is 0 Å². The lowest BCUT2D eigenvalue weighted by molar-refractivity contribution is 0.137. The SMILES string of the molecule is COc1cccc2nc(C)cc(CC(F)C(F)CF)c12. The molecule has 2 rings (SSSR count). The molecule has 0 bridgehead atoms. The maximum Gasteiger partial charge on any atom is 0.160 e. The average molecular weight is 283 g/mol. The van der Waals surface area contributed by atoms with Crippen molar-refractivity contribution < 1.29 is 17.9 Å². The van der Waals surface area contributed by atoms with Crippen LogP contribution in [-0.2, 0) is 6.42 Å². The average Bonchev–Trinajstić information content (AvgIpc) is 2.45. The molecule has 2 unspecified atom stereocenters. The minimum Gasteiger partial charge on any atom is -0.496 e. The summed E-state index contributed by atoms with van der Waals surface area (Å²) in [6.07, 6.45) is -4.19. The van der Waals surface area contributed by atoms with Gasteiger partial charge in [-0.3, -0.25) is 4.98 Å². The van der Waals surface area contributed by atoms with E-state index in [4.69, 9.17) is 4.74 Å². The first kappa shape index (κ1) is 14.6. The number of ether oxygens (including phenoxy) is 1. The number of halogens is 3. The molecule has 2 aromatic rings. The van der Waals surface area contributed by atoms with E-state index in [1.165, 1.54) is 7.11 Å². The number of aryl methyl sites for hydroxylation is 1. The molecule has 2 atom stereocenters. The van der Waals surface area contributed by atoms with E-state index in [0.717, 1.165) is 0 Å². The van der Waals surface area contributed by atoms with Crippen molar-refractivity contribution in [3.05, 3.63) is 35.5 Å². The molecule has 1 heterocycles. The van der Waals surface area contributed by atoms with Gasteiger partial charge in [0.25, 0.3) is 0 Å². The zero-order valence-corrected chi connectivity index (χ0v) is 11.4. The van der Waals surface area contributed by atoms with Crippen molar-refractivity contribution in [2.24, 2.45) is 0 Å². The normalized spacial score (nSPS) is 14.2. The molecule has 0 saturated heterocycles. The third kappa shape index (κ3) is 2.86. The fraction of sp³-hybridized carbons (Fsp3) is 0.400. The summed E-state index contributed by atoms with van der Waals surface area (Å²) >= 11 is 0. The highest BCUT2D eigenvalue weighted by Crippen LogP contribution is 2.30. The van der Waals surface area contributed by atoms with Crippen LogP contribution in [0.4, 0.5) is 13.2 Å². The molecule has 0 fully saturated rings. The Morgan fingerprint density at radius 1 is 1.25 bits per heavy atom. The number of hydrogen-bond donors (Lipinski definition) is 0. The van der Waals surface area contributed by atoms with Gasteiger partial charge < -0.3 is 4.74 Å². The largest absolute Gasteiger partial charge is 0.496 e. The van der Waals surface area contributed by atoms with Gasteiger partial charge in [-0.15, -0.1) is 0 Å². The summed E-state index contributed by atoms with van der Waals surface area (Å²) in [4.78, 5) is 4.35. The van der Waals surface area contributed by atoms with Gasteiger partial charge in [-0.1, -0.05) is 6.07 Å². The molecule has 0 aliphatic rings. The minimum absolute atomic E-state index is 0.203. The third-order valence-corrected chi connectivity index (χ3v) is 3.18. The highest BCUT2D eigenvalue weighted by molar-refractivity contribution is 5.88. The van der Waals surface area contributed by atoms with Gasteiger partial charge in [0, 0.05) is 17.5 Å². The summed E-state index contributed by atoms with van der Waals surface area (Å²) in [6.45, 7) is 0.456. The number of hydrogen-bond acceptors (Lipinski definition) is 2. The van der Waals surface area contributed by atoms with Gasteiger partial charge in [0.05, 0.1) is 12.6 Å².